The molecule has 0 amide bonds. The minimum atomic E-state index is 0.343. The van der Waals surface area contributed by atoms with Crippen LogP contribution in [0.4, 0.5) is 0 Å². The Labute approximate surface area is 120 Å². The molecule has 0 spiro atoms. The number of aromatic nitrogens is 1. The first-order valence-corrected chi connectivity index (χ1v) is 8.51. The second kappa shape index (κ2) is 5.51. The zero-order valence-electron chi connectivity index (χ0n) is 12.1. The summed E-state index contributed by atoms with van der Waals surface area (Å²) in [6.45, 7) is 8.12. The van der Waals surface area contributed by atoms with Crippen LogP contribution in [0, 0.1) is 5.92 Å². The van der Waals surface area contributed by atoms with Gasteiger partial charge in [0.1, 0.15) is 0 Å². The second-order valence-electron chi connectivity index (χ2n) is 6.10. The topological polar surface area (TPSA) is 28.2 Å². The van der Waals surface area contributed by atoms with Crippen LogP contribution in [-0.2, 0) is 6.54 Å². The lowest BCUT2D eigenvalue weighted by atomic mass is 9.86. The lowest BCUT2D eigenvalue weighted by Gasteiger charge is -2.49. The number of nitrogens with zero attached hydrogens (tertiary/aromatic N) is 2. The fourth-order valence-electron chi connectivity index (χ4n) is 3.43. The van der Waals surface area contributed by atoms with Crippen molar-refractivity contribution in [2.75, 3.05) is 13.1 Å². The standard InChI is InChI=1S/C15H25N3S/c1-3-15(4-2)10-17-14(12-5-6-12)9-18(15)8-13-7-16-11-19-13/h7,11-12,14,17H,3-6,8-10H2,1-2H3. The molecule has 1 N–H and O–H groups in total. The Bertz CT molecular complexity index is 396. The summed E-state index contributed by atoms with van der Waals surface area (Å²) in [6.07, 6.45) is 7.35. The molecular weight excluding hydrogens is 254 g/mol. The third-order valence-electron chi connectivity index (χ3n) is 5.12. The molecule has 0 bridgehead atoms. The van der Waals surface area contributed by atoms with E-state index in [2.05, 4.69) is 29.0 Å². The van der Waals surface area contributed by atoms with Gasteiger partial charge in [0.25, 0.3) is 0 Å². The highest BCUT2D eigenvalue weighted by atomic mass is 32.1. The molecule has 1 aliphatic heterocycles. The largest absolute Gasteiger partial charge is 0.311 e. The van der Waals surface area contributed by atoms with E-state index in [0.717, 1.165) is 25.0 Å². The van der Waals surface area contributed by atoms with E-state index in [1.807, 2.05) is 11.7 Å². The zero-order valence-corrected chi connectivity index (χ0v) is 12.9. The average molecular weight is 279 g/mol. The summed E-state index contributed by atoms with van der Waals surface area (Å²) >= 11 is 1.79. The quantitative estimate of drug-likeness (QED) is 0.898. The summed E-state index contributed by atoms with van der Waals surface area (Å²) in [4.78, 5) is 8.37. The van der Waals surface area contributed by atoms with E-state index in [0.29, 0.717) is 5.54 Å². The van der Waals surface area contributed by atoms with Gasteiger partial charge in [-0.3, -0.25) is 9.88 Å². The Morgan fingerprint density at radius 2 is 2.21 bits per heavy atom. The molecule has 0 aromatic carbocycles. The van der Waals surface area contributed by atoms with Crippen molar-refractivity contribution in [2.45, 2.75) is 57.7 Å². The number of piperazine rings is 1. The summed E-state index contributed by atoms with van der Waals surface area (Å²) in [7, 11) is 0. The van der Waals surface area contributed by atoms with Crippen LogP contribution in [0.3, 0.4) is 0 Å². The molecule has 1 aromatic rings. The summed E-state index contributed by atoms with van der Waals surface area (Å²) in [5.41, 5.74) is 2.30. The lowest BCUT2D eigenvalue weighted by molar-refractivity contribution is 0.0210. The second-order valence-corrected chi connectivity index (χ2v) is 7.08. The number of nitrogens with one attached hydrogen (secondary N) is 1. The van der Waals surface area contributed by atoms with Gasteiger partial charge in [-0.05, 0) is 31.6 Å². The summed E-state index contributed by atoms with van der Waals surface area (Å²) in [6, 6.07) is 0.721. The number of hydrogen-bond acceptors (Lipinski definition) is 4. The van der Waals surface area contributed by atoms with Crippen LogP contribution in [0.1, 0.15) is 44.4 Å². The molecular formula is C15H25N3S. The summed E-state index contributed by atoms with van der Waals surface area (Å²) < 4.78 is 0. The highest BCUT2D eigenvalue weighted by Gasteiger charge is 2.43. The minimum absolute atomic E-state index is 0.343. The van der Waals surface area contributed by atoms with Crippen LogP contribution in [0.5, 0.6) is 0 Å². The minimum Gasteiger partial charge on any atom is -0.311 e. The third-order valence-corrected chi connectivity index (χ3v) is 5.88. The number of thiazole rings is 1. The van der Waals surface area contributed by atoms with Crippen LogP contribution in [0.2, 0.25) is 0 Å². The lowest BCUT2D eigenvalue weighted by Crippen LogP contribution is -2.64. The van der Waals surface area contributed by atoms with Gasteiger partial charge in [-0.1, -0.05) is 13.8 Å². The fraction of sp³-hybridized carbons (Fsp3) is 0.800. The van der Waals surface area contributed by atoms with Gasteiger partial charge in [0, 0.05) is 42.3 Å². The molecule has 2 heterocycles. The first-order chi connectivity index (χ1) is 9.27. The molecule has 106 valence electrons. The normalized spacial score (nSPS) is 27.6. The van der Waals surface area contributed by atoms with E-state index in [1.165, 1.54) is 37.1 Å². The Morgan fingerprint density at radius 3 is 2.79 bits per heavy atom. The average Bonchev–Trinajstić information content (AvgIpc) is 3.17. The summed E-state index contributed by atoms with van der Waals surface area (Å²) in [5.74, 6) is 0.940. The van der Waals surface area contributed by atoms with Crippen LogP contribution >= 0.6 is 11.3 Å². The zero-order chi connectivity index (χ0) is 13.3. The van der Waals surface area contributed by atoms with Gasteiger partial charge in [-0.25, -0.2) is 0 Å². The van der Waals surface area contributed by atoms with Crippen molar-refractivity contribution in [1.29, 1.82) is 0 Å². The van der Waals surface area contributed by atoms with Crippen LogP contribution < -0.4 is 5.32 Å². The van der Waals surface area contributed by atoms with E-state index in [9.17, 15) is 0 Å². The molecule has 2 aliphatic rings. The van der Waals surface area contributed by atoms with Crippen LogP contribution in [0.25, 0.3) is 0 Å². The van der Waals surface area contributed by atoms with Gasteiger partial charge >= 0.3 is 0 Å². The predicted molar refractivity (Wildman–Crippen MR) is 80.4 cm³/mol. The Hall–Kier alpha value is -0.450. The van der Waals surface area contributed by atoms with Gasteiger partial charge in [-0.15, -0.1) is 11.3 Å². The molecule has 1 unspecified atom stereocenters. The first kappa shape index (κ1) is 13.5. The fourth-order valence-corrected chi connectivity index (χ4v) is 4.04. The smallest absolute Gasteiger partial charge is 0.0794 e. The van der Waals surface area contributed by atoms with E-state index in [1.54, 1.807) is 11.3 Å². The van der Waals surface area contributed by atoms with Crippen molar-refractivity contribution < 1.29 is 0 Å². The Balaban J connectivity index is 1.75. The maximum atomic E-state index is 4.23. The highest BCUT2D eigenvalue weighted by molar-refractivity contribution is 7.09. The van der Waals surface area contributed by atoms with Crippen molar-refractivity contribution in [3.8, 4) is 0 Å². The molecule has 19 heavy (non-hydrogen) atoms. The van der Waals surface area contributed by atoms with Crippen molar-refractivity contribution in [1.82, 2.24) is 15.2 Å². The van der Waals surface area contributed by atoms with Crippen LogP contribution in [0.15, 0.2) is 11.7 Å². The molecule has 3 rings (SSSR count). The molecule has 1 aliphatic carbocycles. The molecule has 1 saturated carbocycles. The molecule has 1 aromatic heterocycles. The number of hydrogen-bond donors (Lipinski definition) is 1. The van der Waals surface area contributed by atoms with E-state index >= 15 is 0 Å². The van der Waals surface area contributed by atoms with Gasteiger partial charge in [0.2, 0.25) is 0 Å². The van der Waals surface area contributed by atoms with Crippen LogP contribution in [-0.4, -0.2) is 34.6 Å². The van der Waals surface area contributed by atoms with E-state index < -0.39 is 0 Å². The summed E-state index contributed by atoms with van der Waals surface area (Å²) in [5, 5.41) is 3.83. The monoisotopic (exact) mass is 279 g/mol. The molecule has 4 heteroatoms. The highest BCUT2D eigenvalue weighted by Crippen LogP contribution is 2.38. The van der Waals surface area contributed by atoms with E-state index in [4.69, 9.17) is 0 Å². The first-order valence-electron chi connectivity index (χ1n) is 7.63. The molecule has 2 fully saturated rings. The van der Waals surface area contributed by atoms with Gasteiger partial charge in [-0.2, -0.15) is 0 Å². The predicted octanol–water partition coefficient (Wildman–Crippen LogP) is 2.89. The van der Waals surface area contributed by atoms with Crippen molar-refractivity contribution >= 4 is 11.3 Å². The number of rotatable bonds is 5. The molecule has 1 saturated heterocycles. The van der Waals surface area contributed by atoms with Crippen molar-refractivity contribution in [3.63, 3.8) is 0 Å². The van der Waals surface area contributed by atoms with E-state index in [-0.39, 0.29) is 0 Å². The molecule has 3 nitrogen and oxygen atoms in total. The Morgan fingerprint density at radius 1 is 1.42 bits per heavy atom. The Kier molecular flexibility index (Phi) is 3.92. The SMILES string of the molecule is CCC1(CC)CNC(C2CC2)CN1Cc1cncs1. The van der Waals surface area contributed by atoms with Crippen molar-refractivity contribution in [2.24, 2.45) is 5.92 Å². The molecule has 1 atom stereocenters. The molecule has 0 radical (unpaired) electrons. The maximum Gasteiger partial charge on any atom is 0.0794 e. The van der Waals surface area contributed by atoms with Gasteiger partial charge < -0.3 is 5.32 Å². The van der Waals surface area contributed by atoms with Gasteiger partial charge in [0.05, 0.1) is 5.51 Å². The van der Waals surface area contributed by atoms with Gasteiger partial charge in [0.15, 0.2) is 0 Å². The van der Waals surface area contributed by atoms with Crippen molar-refractivity contribution in [3.05, 3.63) is 16.6 Å². The maximum absolute atomic E-state index is 4.23. The third kappa shape index (κ3) is 2.71.